The number of ether oxygens (including phenoxy) is 1. The number of para-hydroxylation sites is 1. The normalized spacial score (nSPS) is 18.8. The molecule has 1 aliphatic rings. The van der Waals surface area contributed by atoms with Gasteiger partial charge >= 0.3 is 0 Å². The Morgan fingerprint density at radius 1 is 1.08 bits per heavy atom. The fourth-order valence-corrected chi connectivity index (χ4v) is 7.18. The van der Waals surface area contributed by atoms with Crippen molar-refractivity contribution in [3.05, 3.63) is 77.7 Å². The smallest absolute Gasteiger partial charge is 0.260 e. The number of nitrogens with zero attached hydrogens (tertiary/aromatic N) is 3. The van der Waals surface area contributed by atoms with Gasteiger partial charge in [0.05, 0.1) is 40.1 Å². The molecule has 8 nitrogen and oxygen atoms in total. The van der Waals surface area contributed by atoms with Crippen molar-refractivity contribution in [2.24, 2.45) is 0 Å². The molecule has 4 aromatic rings. The molecule has 0 bridgehead atoms. The number of rotatable bonds is 7. The molecule has 0 N–H and O–H groups in total. The van der Waals surface area contributed by atoms with Gasteiger partial charge in [0.25, 0.3) is 5.91 Å². The van der Waals surface area contributed by atoms with Crippen LogP contribution in [-0.2, 0) is 27.7 Å². The first-order chi connectivity index (χ1) is 17.8. The summed E-state index contributed by atoms with van der Waals surface area (Å²) in [4.78, 5) is 20.3. The van der Waals surface area contributed by atoms with E-state index in [1.165, 1.54) is 27.8 Å². The number of thiazole rings is 1. The van der Waals surface area contributed by atoms with Gasteiger partial charge in [0, 0.05) is 18.7 Å². The molecule has 2 aromatic carbocycles. The van der Waals surface area contributed by atoms with Crippen LogP contribution in [0.5, 0.6) is 0 Å². The zero-order chi connectivity index (χ0) is 26.2. The number of hydrogen-bond acceptors (Lipinski definition) is 7. The largest absolute Gasteiger partial charge is 0.467 e. The lowest BCUT2D eigenvalue weighted by Gasteiger charge is -2.34. The highest BCUT2D eigenvalue weighted by Gasteiger charge is 2.32. The third-order valence-electron chi connectivity index (χ3n) is 6.37. The molecule has 2 unspecified atom stereocenters. The van der Waals surface area contributed by atoms with Gasteiger partial charge in [0.1, 0.15) is 5.76 Å². The second-order valence-corrected chi connectivity index (χ2v) is 12.1. The third-order valence-corrected chi connectivity index (χ3v) is 9.26. The number of aromatic nitrogens is 1. The van der Waals surface area contributed by atoms with E-state index in [-0.39, 0.29) is 29.6 Å². The van der Waals surface area contributed by atoms with Gasteiger partial charge in [-0.05, 0) is 68.3 Å². The maximum Gasteiger partial charge on any atom is 0.260 e. The van der Waals surface area contributed by atoms with Crippen LogP contribution in [0.3, 0.4) is 0 Å². The SMILES string of the molecule is CCc1cccc2sc(N(Cc3ccco3)C(=O)c3ccc(S(=O)(=O)N4CC(C)OC(C)C4)cc3)nc12. The molecule has 37 heavy (non-hydrogen) atoms. The van der Waals surface area contributed by atoms with Gasteiger partial charge in [-0.1, -0.05) is 30.4 Å². The molecule has 0 aliphatic carbocycles. The number of fused-ring (bicyclic) bond motifs is 1. The highest BCUT2D eigenvalue weighted by molar-refractivity contribution is 7.89. The van der Waals surface area contributed by atoms with Crippen molar-refractivity contribution in [3.8, 4) is 0 Å². The van der Waals surface area contributed by atoms with E-state index in [0.717, 1.165) is 22.2 Å². The Balaban J connectivity index is 1.46. The number of furan rings is 1. The molecule has 0 saturated carbocycles. The summed E-state index contributed by atoms with van der Waals surface area (Å²) < 4.78 is 40.1. The van der Waals surface area contributed by atoms with E-state index >= 15 is 0 Å². The number of aryl methyl sites for hydroxylation is 1. The van der Waals surface area contributed by atoms with Crippen molar-refractivity contribution in [3.63, 3.8) is 0 Å². The highest BCUT2D eigenvalue weighted by atomic mass is 32.2. The lowest BCUT2D eigenvalue weighted by atomic mass is 10.1. The minimum absolute atomic E-state index is 0.149. The summed E-state index contributed by atoms with van der Waals surface area (Å²) in [6, 6.07) is 15.7. The molecular weight excluding hydrogens is 510 g/mol. The standard InChI is InChI=1S/C27H29N3O5S2/c1-4-20-7-5-9-24-25(20)28-27(36-24)30(17-22-8-6-14-34-22)26(31)21-10-12-23(13-11-21)37(32,33)29-15-18(2)35-19(3)16-29/h5-14,18-19H,4,15-17H2,1-3H3. The second kappa shape index (κ2) is 10.4. The monoisotopic (exact) mass is 539 g/mol. The maximum absolute atomic E-state index is 13.7. The van der Waals surface area contributed by atoms with Gasteiger partial charge in [0.2, 0.25) is 10.0 Å². The number of morpholine rings is 1. The molecule has 1 saturated heterocycles. The van der Waals surface area contributed by atoms with Crippen LogP contribution >= 0.6 is 11.3 Å². The van der Waals surface area contributed by atoms with Crippen LogP contribution in [0.25, 0.3) is 10.2 Å². The Bertz CT molecular complexity index is 1490. The minimum atomic E-state index is -3.71. The molecule has 2 atom stereocenters. The quantitative estimate of drug-likeness (QED) is 0.325. The first kappa shape index (κ1) is 25.6. The number of sulfonamides is 1. The molecule has 1 aliphatic heterocycles. The van der Waals surface area contributed by atoms with Crippen LogP contribution in [0.1, 0.15) is 42.5 Å². The fraction of sp³-hybridized carbons (Fsp3) is 0.333. The molecule has 5 rings (SSSR count). The highest BCUT2D eigenvalue weighted by Crippen LogP contribution is 2.33. The number of amides is 1. The van der Waals surface area contributed by atoms with Gasteiger partial charge in [-0.3, -0.25) is 9.69 Å². The Morgan fingerprint density at radius 3 is 2.46 bits per heavy atom. The van der Waals surface area contributed by atoms with E-state index in [1.54, 1.807) is 29.4 Å². The molecule has 194 valence electrons. The Kier molecular flexibility index (Phi) is 7.17. The van der Waals surface area contributed by atoms with Crippen LogP contribution in [0.15, 0.2) is 70.2 Å². The summed E-state index contributed by atoms with van der Waals surface area (Å²) in [5.74, 6) is 0.337. The van der Waals surface area contributed by atoms with E-state index in [1.807, 2.05) is 38.1 Å². The van der Waals surface area contributed by atoms with Gasteiger partial charge in [-0.2, -0.15) is 4.31 Å². The van der Waals surface area contributed by atoms with Crippen molar-refractivity contribution < 1.29 is 22.4 Å². The second-order valence-electron chi connectivity index (χ2n) is 9.19. The number of anilines is 1. The minimum Gasteiger partial charge on any atom is -0.467 e. The van der Waals surface area contributed by atoms with Crippen molar-refractivity contribution in [1.29, 1.82) is 0 Å². The predicted molar refractivity (Wildman–Crippen MR) is 143 cm³/mol. The molecule has 1 amide bonds. The molecule has 3 heterocycles. The number of benzene rings is 2. The fourth-order valence-electron chi connectivity index (χ4n) is 4.58. The molecule has 10 heteroatoms. The van der Waals surface area contributed by atoms with E-state index in [9.17, 15) is 13.2 Å². The van der Waals surface area contributed by atoms with Crippen LogP contribution in [-0.4, -0.2) is 48.9 Å². The van der Waals surface area contributed by atoms with E-state index in [0.29, 0.717) is 29.5 Å². The predicted octanol–water partition coefficient (Wildman–Crippen LogP) is 5.10. The topological polar surface area (TPSA) is 93.0 Å². The van der Waals surface area contributed by atoms with Crippen molar-refractivity contribution in [2.75, 3.05) is 18.0 Å². The number of hydrogen-bond donors (Lipinski definition) is 0. The number of carbonyl (C=O) groups is 1. The van der Waals surface area contributed by atoms with Crippen molar-refractivity contribution >= 4 is 42.6 Å². The van der Waals surface area contributed by atoms with Crippen LogP contribution in [0.4, 0.5) is 5.13 Å². The van der Waals surface area contributed by atoms with Gasteiger partial charge in [-0.25, -0.2) is 13.4 Å². The maximum atomic E-state index is 13.7. The lowest BCUT2D eigenvalue weighted by molar-refractivity contribution is -0.0440. The van der Waals surface area contributed by atoms with Gasteiger partial charge < -0.3 is 9.15 Å². The van der Waals surface area contributed by atoms with Crippen molar-refractivity contribution in [2.45, 2.75) is 50.8 Å². The molecule has 1 fully saturated rings. The summed E-state index contributed by atoms with van der Waals surface area (Å²) >= 11 is 1.44. The number of carbonyl (C=O) groups excluding carboxylic acids is 1. The van der Waals surface area contributed by atoms with E-state index in [2.05, 4.69) is 6.92 Å². The summed E-state index contributed by atoms with van der Waals surface area (Å²) in [5.41, 5.74) is 2.37. The first-order valence-electron chi connectivity index (χ1n) is 12.2. The van der Waals surface area contributed by atoms with E-state index < -0.39 is 10.0 Å². The first-order valence-corrected chi connectivity index (χ1v) is 14.5. The van der Waals surface area contributed by atoms with Crippen LogP contribution in [0, 0.1) is 0 Å². The van der Waals surface area contributed by atoms with Gasteiger partial charge in [-0.15, -0.1) is 0 Å². The lowest BCUT2D eigenvalue weighted by Crippen LogP contribution is -2.48. The average molecular weight is 540 g/mol. The van der Waals surface area contributed by atoms with Gasteiger partial charge in [0.15, 0.2) is 5.13 Å². The van der Waals surface area contributed by atoms with Crippen molar-refractivity contribution in [1.82, 2.24) is 9.29 Å². The average Bonchev–Trinajstić information content (AvgIpc) is 3.56. The van der Waals surface area contributed by atoms with Crippen LogP contribution < -0.4 is 4.90 Å². The Labute approximate surface area is 220 Å². The molecule has 0 spiro atoms. The zero-order valence-corrected chi connectivity index (χ0v) is 22.6. The Hall–Kier alpha value is -3.05. The molecular formula is C27H29N3O5S2. The van der Waals surface area contributed by atoms with E-state index in [4.69, 9.17) is 14.1 Å². The zero-order valence-electron chi connectivity index (χ0n) is 21.0. The third kappa shape index (κ3) is 5.19. The summed E-state index contributed by atoms with van der Waals surface area (Å²) in [5, 5.41) is 0.560. The van der Waals surface area contributed by atoms with Crippen LogP contribution in [0.2, 0.25) is 0 Å². The molecule has 2 aromatic heterocycles. The Morgan fingerprint density at radius 2 is 1.81 bits per heavy atom. The summed E-state index contributed by atoms with van der Waals surface area (Å²) in [6.45, 7) is 6.59. The summed E-state index contributed by atoms with van der Waals surface area (Å²) in [7, 11) is -3.71. The molecule has 0 radical (unpaired) electrons. The summed E-state index contributed by atoms with van der Waals surface area (Å²) in [6.07, 6.45) is 2.04.